The largest absolute Gasteiger partial charge is 0.394 e. The molecule has 8 heteroatoms. The molecule has 0 saturated carbocycles. The van der Waals surface area contributed by atoms with Gasteiger partial charge in [0, 0.05) is 6.04 Å². The average Bonchev–Trinajstić information content (AvgIpc) is 2.31. The molecule has 0 heterocycles. The zero-order valence-electron chi connectivity index (χ0n) is 9.31. The molecule has 0 aromatic heterocycles. The van der Waals surface area contributed by atoms with Crippen molar-refractivity contribution >= 4 is 11.6 Å². The lowest BCUT2D eigenvalue weighted by molar-refractivity contribution is -0.385. The third-order valence-electron chi connectivity index (χ3n) is 2.13. The van der Waals surface area contributed by atoms with Crippen LogP contribution in [-0.4, -0.2) is 28.6 Å². The van der Waals surface area contributed by atoms with E-state index in [1.165, 1.54) is 6.92 Å². The topological polar surface area (TPSA) is 92.5 Å². The second-order valence-corrected chi connectivity index (χ2v) is 3.60. The number of rotatable bonds is 4. The summed E-state index contributed by atoms with van der Waals surface area (Å²) in [6, 6.07) is 0.131. The molecule has 0 fully saturated rings. The summed E-state index contributed by atoms with van der Waals surface area (Å²) in [6.07, 6.45) is 0. The zero-order valence-corrected chi connectivity index (χ0v) is 9.31. The number of amides is 1. The molecular formula is C10H10F2N2O4. The number of halogens is 2. The lowest BCUT2D eigenvalue weighted by Gasteiger charge is -2.11. The monoisotopic (exact) mass is 260 g/mol. The molecule has 0 radical (unpaired) electrons. The number of carbonyl (C=O) groups is 1. The fourth-order valence-corrected chi connectivity index (χ4v) is 1.22. The van der Waals surface area contributed by atoms with Crippen molar-refractivity contribution in [2.45, 2.75) is 13.0 Å². The van der Waals surface area contributed by atoms with Gasteiger partial charge >= 0.3 is 0 Å². The predicted molar refractivity (Wildman–Crippen MR) is 57.0 cm³/mol. The third-order valence-corrected chi connectivity index (χ3v) is 2.13. The minimum atomic E-state index is -1.41. The van der Waals surface area contributed by atoms with Crippen LogP contribution in [-0.2, 0) is 0 Å². The molecule has 6 nitrogen and oxygen atoms in total. The average molecular weight is 260 g/mol. The van der Waals surface area contributed by atoms with E-state index in [4.69, 9.17) is 5.11 Å². The van der Waals surface area contributed by atoms with Crippen LogP contribution in [0.4, 0.5) is 14.5 Å². The van der Waals surface area contributed by atoms with Crippen LogP contribution in [0, 0.1) is 21.7 Å². The summed E-state index contributed by atoms with van der Waals surface area (Å²) in [5.41, 5.74) is -1.43. The normalized spacial score (nSPS) is 12.0. The van der Waals surface area contributed by atoms with E-state index in [9.17, 15) is 23.7 Å². The summed E-state index contributed by atoms with van der Waals surface area (Å²) >= 11 is 0. The maximum atomic E-state index is 13.0. The molecule has 1 atom stereocenters. The highest BCUT2D eigenvalue weighted by atomic mass is 19.2. The summed E-state index contributed by atoms with van der Waals surface area (Å²) in [7, 11) is 0. The van der Waals surface area contributed by atoms with Gasteiger partial charge in [0.15, 0.2) is 11.6 Å². The first kappa shape index (κ1) is 14.0. The number of carbonyl (C=O) groups excluding carboxylic acids is 1. The molecule has 2 N–H and O–H groups in total. The summed E-state index contributed by atoms with van der Waals surface area (Å²) in [5, 5.41) is 21.6. The first-order chi connectivity index (χ1) is 8.36. The minimum Gasteiger partial charge on any atom is -0.394 e. The number of hydrogen-bond donors (Lipinski definition) is 2. The SMILES string of the molecule is CC(CO)NC(=O)c1cc(F)c(F)cc1[N+](=O)[O-]. The molecule has 0 aliphatic heterocycles. The Bertz CT molecular complexity index is 493. The fraction of sp³-hybridized carbons (Fsp3) is 0.300. The van der Waals surface area contributed by atoms with Gasteiger partial charge in [-0.15, -0.1) is 0 Å². The van der Waals surface area contributed by atoms with Gasteiger partial charge in [0.2, 0.25) is 0 Å². The van der Waals surface area contributed by atoms with Crippen molar-refractivity contribution in [2.24, 2.45) is 0 Å². The smallest absolute Gasteiger partial charge is 0.285 e. The Balaban J connectivity index is 3.18. The van der Waals surface area contributed by atoms with Gasteiger partial charge in [-0.2, -0.15) is 0 Å². The van der Waals surface area contributed by atoms with Crippen LogP contribution >= 0.6 is 0 Å². The van der Waals surface area contributed by atoms with Crippen LogP contribution < -0.4 is 5.32 Å². The van der Waals surface area contributed by atoms with E-state index in [0.717, 1.165) is 0 Å². The lowest BCUT2D eigenvalue weighted by atomic mass is 10.1. The van der Waals surface area contributed by atoms with Gasteiger partial charge in [-0.25, -0.2) is 8.78 Å². The molecule has 0 bridgehead atoms. The van der Waals surface area contributed by atoms with Gasteiger partial charge in [0.05, 0.1) is 17.6 Å². The van der Waals surface area contributed by atoms with Crippen molar-refractivity contribution < 1.29 is 23.6 Å². The minimum absolute atomic E-state index is 0.341. The summed E-state index contributed by atoms with van der Waals surface area (Å²) in [4.78, 5) is 21.2. The van der Waals surface area contributed by atoms with Crippen molar-refractivity contribution in [2.75, 3.05) is 6.61 Å². The number of nitrogens with zero attached hydrogens (tertiary/aromatic N) is 1. The maximum Gasteiger partial charge on any atom is 0.285 e. The molecule has 1 amide bonds. The lowest BCUT2D eigenvalue weighted by Crippen LogP contribution is -2.35. The fourth-order valence-electron chi connectivity index (χ4n) is 1.22. The summed E-state index contributed by atoms with van der Waals surface area (Å²) in [5.74, 6) is -3.72. The van der Waals surface area contributed by atoms with Crippen LogP contribution in [0.2, 0.25) is 0 Å². The number of nitrogens with one attached hydrogen (secondary N) is 1. The summed E-state index contributed by atoms with van der Waals surface area (Å²) in [6.45, 7) is 1.06. The third kappa shape index (κ3) is 2.98. The molecule has 1 aromatic rings. The Hall–Kier alpha value is -2.09. The van der Waals surface area contributed by atoms with Gasteiger partial charge < -0.3 is 10.4 Å². The van der Waals surface area contributed by atoms with E-state index >= 15 is 0 Å². The van der Waals surface area contributed by atoms with E-state index in [1.807, 2.05) is 0 Å². The zero-order chi connectivity index (χ0) is 13.9. The first-order valence-electron chi connectivity index (χ1n) is 4.92. The van der Waals surface area contributed by atoms with E-state index in [0.29, 0.717) is 12.1 Å². The predicted octanol–water partition coefficient (Wildman–Crippen LogP) is 0.984. The van der Waals surface area contributed by atoms with E-state index in [1.54, 1.807) is 0 Å². The molecule has 1 aromatic carbocycles. The van der Waals surface area contributed by atoms with Crippen molar-refractivity contribution in [1.82, 2.24) is 5.32 Å². The van der Waals surface area contributed by atoms with E-state index < -0.39 is 39.8 Å². The second kappa shape index (κ2) is 5.50. The Morgan fingerprint density at radius 2 is 2.06 bits per heavy atom. The van der Waals surface area contributed by atoms with Crippen molar-refractivity contribution in [3.05, 3.63) is 39.4 Å². The first-order valence-corrected chi connectivity index (χ1v) is 4.92. The molecule has 0 spiro atoms. The molecular weight excluding hydrogens is 250 g/mol. The quantitative estimate of drug-likeness (QED) is 0.623. The second-order valence-electron chi connectivity index (χ2n) is 3.60. The van der Waals surface area contributed by atoms with Gasteiger partial charge in [0.25, 0.3) is 11.6 Å². The Kier molecular flexibility index (Phi) is 4.27. The number of hydrogen-bond acceptors (Lipinski definition) is 4. The molecule has 0 saturated heterocycles. The van der Waals surface area contributed by atoms with Gasteiger partial charge in [-0.3, -0.25) is 14.9 Å². The van der Waals surface area contributed by atoms with Crippen LogP contribution in [0.5, 0.6) is 0 Å². The molecule has 1 rings (SSSR count). The molecule has 98 valence electrons. The van der Waals surface area contributed by atoms with Crippen LogP contribution in [0.15, 0.2) is 12.1 Å². The van der Waals surface area contributed by atoms with Crippen molar-refractivity contribution in [3.8, 4) is 0 Å². The van der Waals surface area contributed by atoms with Crippen molar-refractivity contribution in [1.29, 1.82) is 0 Å². The Morgan fingerprint density at radius 3 is 2.56 bits per heavy atom. The molecule has 0 aliphatic carbocycles. The van der Waals surface area contributed by atoms with E-state index in [-0.39, 0.29) is 6.61 Å². The van der Waals surface area contributed by atoms with Crippen LogP contribution in [0.1, 0.15) is 17.3 Å². The number of aliphatic hydroxyl groups is 1. The number of nitro groups is 1. The molecule has 0 aliphatic rings. The maximum absolute atomic E-state index is 13.0. The number of nitro benzene ring substituents is 1. The highest BCUT2D eigenvalue weighted by Crippen LogP contribution is 2.22. The highest BCUT2D eigenvalue weighted by molar-refractivity contribution is 5.98. The van der Waals surface area contributed by atoms with Crippen LogP contribution in [0.25, 0.3) is 0 Å². The number of benzene rings is 1. The van der Waals surface area contributed by atoms with E-state index in [2.05, 4.69) is 5.32 Å². The standard InChI is InChI=1S/C10H10F2N2O4/c1-5(4-15)13-10(16)6-2-7(11)8(12)3-9(6)14(17)18/h2-3,5,15H,4H2,1H3,(H,13,16). The summed E-state index contributed by atoms with van der Waals surface area (Å²) < 4.78 is 25.8. The highest BCUT2D eigenvalue weighted by Gasteiger charge is 2.24. The Morgan fingerprint density at radius 1 is 1.50 bits per heavy atom. The van der Waals surface area contributed by atoms with Crippen molar-refractivity contribution in [3.63, 3.8) is 0 Å². The Labute approximate surface area is 100 Å². The molecule has 1 unspecified atom stereocenters. The van der Waals surface area contributed by atoms with Crippen LogP contribution in [0.3, 0.4) is 0 Å². The van der Waals surface area contributed by atoms with Gasteiger partial charge in [0.1, 0.15) is 5.56 Å². The van der Waals surface area contributed by atoms with Gasteiger partial charge in [-0.05, 0) is 13.0 Å². The number of aliphatic hydroxyl groups excluding tert-OH is 1. The molecule has 18 heavy (non-hydrogen) atoms. The van der Waals surface area contributed by atoms with Gasteiger partial charge in [-0.1, -0.05) is 0 Å².